The highest BCUT2D eigenvalue weighted by atomic mass is 16.2. The molecule has 1 aliphatic rings. The molecule has 2 heterocycles. The molecule has 1 N–H and O–H groups in total. The minimum absolute atomic E-state index is 0.0277. The van der Waals surface area contributed by atoms with Crippen LogP contribution in [-0.2, 0) is 13.0 Å². The molecule has 1 aromatic carbocycles. The van der Waals surface area contributed by atoms with Gasteiger partial charge in [-0.05, 0) is 31.9 Å². The summed E-state index contributed by atoms with van der Waals surface area (Å²) in [7, 11) is 0. The topological polar surface area (TPSA) is 50.2 Å². The maximum absolute atomic E-state index is 12.5. The van der Waals surface area contributed by atoms with Crippen LogP contribution in [0.4, 0.5) is 10.5 Å². The molecular weight excluding hydrogens is 264 g/mol. The molecule has 2 unspecified atom stereocenters. The molecular formula is C16H20N4O. The summed E-state index contributed by atoms with van der Waals surface area (Å²) >= 11 is 0. The average molecular weight is 284 g/mol. The number of hydrogen-bond donors (Lipinski definition) is 1. The molecule has 1 aromatic heterocycles. The fraction of sp³-hybridized carbons (Fsp3) is 0.375. The number of imidazole rings is 1. The van der Waals surface area contributed by atoms with Gasteiger partial charge in [0.05, 0.1) is 6.33 Å². The molecule has 0 spiro atoms. The Morgan fingerprint density at radius 1 is 1.48 bits per heavy atom. The number of amides is 2. The second kappa shape index (κ2) is 5.60. The van der Waals surface area contributed by atoms with E-state index in [1.54, 1.807) is 12.5 Å². The highest BCUT2D eigenvalue weighted by molar-refractivity contribution is 5.95. The maximum Gasteiger partial charge on any atom is 0.322 e. The molecule has 0 fully saturated rings. The molecule has 0 aliphatic carbocycles. The molecule has 5 nitrogen and oxygen atoms in total. The Morgan fingerprint density at radius 2 is 2.29 bits per heavy atom. The molecule has 0 bridgehead atoms. The Balaban J connectivity index is 1.68. The zero-order valence-corrected chi connectivity index (χ0v) is 12.4. The first-order valence-corrected chi connectivity index (χ1v) is 7.28. The number of para-hydroxylation sites is 1. The van der Waals surface area contributed by atoms with E-state index >= 15 is 0 Å². The SMILES string of the molecule is CC(Cn1ccnc1)NC(=O)N1c2ccccc2CC1C. The fourth-order valence-electron chi connectivity index (χ4n) is 2.91. The smallest absolute Gasteiger partial charge is 0.322 e. The summed E-state index contributed by atoms with van der Waals surface area (Å²) in [5.74, 6) is 0. The van der Waals surface area contributed by atoms with Gasteiger partial charge in [0.1, 0.15) is 0 Å². The van der Waals surface area contributed by atoms with E-state index in [-0.39, 0.29) is 18.1 Å². The van der Waals surface area contributed by atoms with E-state index in [9.17, 15) is 4.79 Å². The van der Waals surface area contributed by atoms with Gasteiger partial charge in [0.25, 0.3) is 0 Å². The van der Waals surface area contributed by atoms with E-state index in [2.05, 4.69) is 23.3 Å². The van der Waals surface area contributed by atoms with Crippen molar-refractivity contribution in [1.82, 2.24) is 14.9 Å². The number of hydrogen-bond acceptors (Lipinski definition) is 2. The van der Waals surface area contributed by atoms with Crippen LogP contribution in [0.3, 0.4) is 0 Å². The van der Waals surface area contributed by atoms with Crippen molar-refractivity contribution >= 4 is 11.7 Å². The Bertz CT molecular complexity index is 623. The summed E-state index contributed by atoms with van der Waals surface area (Å²) in [5, 5.41) is 3.07. The first kappa shape index (κ1) is 13.7. The van der Waals surface area contributed by atoms with E-state index in [1.807, 2.05) is 40.8 Å². The lowest BCUT2D eigenvalue weighted by molar-refractivity contribution is 0.241. The van der Waals surface area contributed by atoms with Gasteiger partial charge in [-0.2, -0.15) is 0 Å². The summed E-state index contributed by atoms with van der Waals surface area (Å²) < 4.78 is 1.96. The van der Waals surface area contributed by atoms with E-state index < -0.39 is 0 Å². The Hall–Kier alpha value is -2.30. The zero-order valence-electron chi connectivity index (χ0n) is 12.4. The third kappa shape index (κ3) is 2.77. The van der Waals surface area contributed by atoms with E-state index in [0.29, 0.717) is 0 Å². The van der Waals surface area contributed by atoms with Gasteiger partial charge in [-0.15, -0.1) is 0 Å². The normalized spacial score (nSPS) is 18.4. The first-order chi connectivity index (χ1) is 10.1. The number of nitrogens with one attached hydrogen (secondary N) is 1. The van der Waals surface area contributed by atoms with Gasteiger partial charge < -0.3 is 9.88 Å². The summed E-state index contributed by atoms with van der Waals surface area (Å²) in [6, 6.07) is 8.32. The minimum Gasteiger partial charge on any atom is -0.335 e. The molecule has 110 valence electrons. The second-order valence-corrected chi connectivity index (χ2v) is 5.66. The second-order valence-electron chi connectivity index (χ2n) is 5.66. The number of benzene rings is 1. The van der Waals surface area contributed by atoms with Crippen molar-refractivity contribution in [2.75, 3.05) is 4.90 Å². The molecule has 0 saturated carbocycles. The maximum atomic E-state index is 12.5. The summed E-state index contributed by atoms with van der Waals surface area (Å²) in [6.07, 6.45) is 6.32. The van der Waals surface area contributed by atoms with Crippen molar-refractivity contribution in [3.05, 3.63) is 48.5 Å². The molecule has 21 heavy (non-hydrogen) atoms. The van der Waals surface area contributed by atoms with Crippen molar-refractivity contribution in [1.29, 1.82) is 0 Å². The van der Waals surface area contributed by atoms with Gasteiger partial charge in [-0.1, -0.05) is 18.2 Å². The largest absolute Gasteiger partial charge is 0.335 e. The molecule has 0 radical (unpaired) electrons. The van der Waals surface area contributed by atoms with Gasteiger partial charge in [0, 0.05) is 36.7 Å². The van der Waals surface area contributed by atoms with Gasteiger partial charge in [0.15, 0.2) is 0 Å². The van der Waals surface area contributed by atoms with Crippen molar-refractivity contribution in [3.8, 4) is 0 Å². The standard InChI is InChI=1S/C16H20N4O/c1-12(10-19-8-7-17-11-19)18-16(21)20-13(2)9-14-5-3-4-6-15(14)20/h3-8,11-13H,9-10H2,1-2H3,(H,18,21). The molecule has 3 rings (SSSR count). The molecule has 0 saturated heterocycles. The van der Waals surface area contributed by atoms with E-state index in [4.69, 9.17) is 0 Å². The van der Waals surface area contributed by atoms with Crippen LogP contribution >= 0.6 is 0 Å². The number of urea groups is 1. The number of anilines is 1. The number of rotatable bonds is 3. The number of nitrogens with zero attached hydrogens (tertiary/aromatic N) is 3. The molecule has 1 aliphatic heterocycles. The molecule has 2 aromatic rings. The Kier molecular flexibility index (Phi) is 3.64. The molecule has 2 amide bonds. The van der Waals surface area contributed by atoms with Crippen LogP contribution in [0.25, 0.3) is 0 Å². The predicted octanol–water partition coefficient (Wildman–Crippen LogP) is 2.43. The average Bonchev–Trinajstić information content (AvgIpc) is 3.04. The predicted molar refractivity (Wildman–Crippen MR) is 82.3 cm³/mol. The van der Waals surface area contributed by atoms with Gasteiger partial charge in [-0.3, -0.25) is 4.90 Å². The van der Waals surface area contributed by atoms with Crippen LogP contribution in [-0.4, -0.2) is 27.7 Å². The third-order valence-electron chi connectivity index (χ3n) is 3.84. The lowest BCUT2D eigenvalue weighted by Gasteiger charge is -2.25. The monoisotopic (exact) mass is 284 g/mol. The third-order valence-corrected chi connectivity index (χ3v) is 3.84. The lowest BCUT2D eigenvalue weighted by Crippen LogP contribution is -2.47. The van der Waals surface area contributed by atoms with Crippen LogP contribution in [0, 0.1) is 0 Å². The van der Waals surface area contributed by atoms with Crippen molar-refractivity contribution in [2.24, 2.45) is 0 Å². The Labute approximate surface area is 124 Å². The first-order valence-electron chi connectivity index (χ1n) is 7.28. The zero-order chi connectivity index (χ0) is 14.8. The van der Waals surface area contributed by atoms with Gasteiger partial charge >= 0.3 is 6.03 Å². The van der Waals surface area contributed by atoms with Crippen molar-refractivity contribution in [2.45, 2.75) is 38.9 Å². The van der Waals surface area contributed by atoms with Crippen LogP contribution in [0.2, 0.25) is 0 Å². The Morgan fingerprint density at radius 3 is 3.05 bits per heavy atom. The summed E-state index contributed by atoms with van der Waals surface area (Å²) in [5.41, 5.74) is 2.26. The van der Waals surface area contributed by atoms with Crippen LogP contribution in [0.1, 0.15) is 19.4 Å². The number of carbonyl (C=O) groups excluding carboxylic acids is 1. The molecule has 2 atom stereocenters. The van der Waals surface area contributed by atoms with Crippen LogP contribution in [0.5, 0.6) is 0 Å². The fourth-order valence-corrected chi connectivity index (χ4v) is 2.91. The van der Waals surface area contributed by atoms with Gasteiger partial charge in [-0.25, -0.2) is 9.78 Å². The highest BCUT2D eigenvalue weighted by Crippen LogP contribution is 2.31. The van der Waals surface area contributed by atoms with Crippen molar-refractivity contribution < 1.29 is 4.79 Å². The lowest BCUT2D eigenvalue weighted by atomic mass is 10.1. The van der Waals surface area contributed by atoms with Crippen LogP contribution in [0.15, 0.2) is 43.0 Å². The summed E-state index contributed by atoms with van der Waals surface area (Å²) in [4.78, 5) is 18.4. The minimum atomic E-state index is -0.0277. The number of carbonyl (C=O) groups is 1. The highest BCUT2D eigenvalue weighted by Gasteiger charge is 2.30. The van der Waals surface area contributed by atoms with Crippen molar-refractivity contribution in [3.63, 3.8) is 0 Å². The quantitative estimate of drug-likeness (QED) is 0.941. The van der Waals surface area contributed by atoms with Crippen LogP contribution < -0.4 is 10.2 Å². The van der Waals surface area contributed by atoms with E-state index in [1.165, 1.54) is 5.56 Å². The summed E-state index contributed by atoms with van der Waals surface area (Å²) in [6.45, 7) is 4.81. The number of fused-ring (bicyclic) bond motifs is 1. The van der Waals surface area contributed by atoms with E-state index in [0.717, 1.165) is 18.7 Å². The number of aromatic nitrogens is 2. The molecule has 5 heteroatoms. The van der Waals surface area contributed by atoms with Gasteiger partial charge in [0.2, 0.25) is 0 Å².